The van der Waals surface area contributed by atoms with Gasteiger partial charge in [-0.2, -0.15) is 4.98 Å². The van der Waals surface area contributed by atoms with Gasteiger partial charge in [0.15, 0.2) is 5.69 Å². The minimum atomic E-state index is -0.508. The van der Waals surface area contributed by atoms with Gasteiger partial charge in [0.25, 0.3) is 6.01 Å². The number of anilines is 1. The Balaban J connectivity index is 1.92. The first-order chi connectivity index (χ1) is 8.69. The standard InChI is InChI=1S/C11H13N3O4/c1-3-16-10(15)9-6-17-11(13-9)12-5-8-4-7(2)18-14-8/h4,6H,3,5H2,1-2H3,(H,12,13). The molecule has 0 radical (unpaired) electrons. The molecule has 2 aromatic rings. The molecule has 7 heteroatoms. The van der Waals surface area contributed by atoms with Crippen LogP contribution < -0.4 is 5.32 Å². The smallest absolute Gasteiger partial charge is 0.360 e. The van der Waals surface area contributed by atoms with Gasteiger partial charge in [-0.15, -0.1) is 0 Å². The fraction of sp³-hybridized carbons (Fsp3) is 0.364. The number of nitrogens with one attached hydrogen (secondary N) is 1. The highest BCUT2D eigenvalue weighted by molar-refractivity contribution is 5.87. The van der Waals surface area contributed by atoms with Crippen molar-refractivity contribution >= 4 is 12.0 Å². The van der Waals surface area contributed by atoms with Crippen LogP contribution in [0.15, 0.2) is 21.3 Å². The molecule has 0 spiro atoms. The third-order valence-electron chi connectivity index (χ3n) is 2.09. The minimum absolute atomic E-state index is 0.135. The van der Waals surface area contributed by atoms with Crippen molar-refractivity contribution in [1.82, 2.24) is 10.1 Å². The molecule has 0 aromatic carbocycles. The SMILES string of the molecule is CCOC(=O)c1coc(NCc2cc(C)on2)n1. The second-order valence-corrected chi connectivity index (χ2v) is 3.54. The van der Waals surface area contributed by atoms with Crippen molar-refractivity contribution < 1.29 is 18.5 Å². The van der Waals surface area contributed by atoms with E-state index in [1.54, 1.807) is 19.9 Å². The fourth-order valence-corrected chi connectivity index (χ4v) is 1.32. The molecule has 0 bridgehead atoms. The number of hydrogen-bond donors (Lipinski definition) is 1. The lowest BCUT2D eigenvalue weighted by molar-refractivity contribution is 0.0519. The zero-order valence-electron chi connectivity index (χ0n) is 10.1. The van der Waals surface area contributed by atoms with E-state index in [2.05, 4.69) is 15.5 Å². The Bertz CT molecular complexity index is 532. The molecule has 2 rings (SSSR count). The minimum Gasteiger partial charge on any atom is -0.461 e. The molecule has 2 aromatic heterocycles. The van der Waals surface area contributed by atoms with Crippen LogP contribution in [0.2, 0.25) is 0 Å². The van der Waals surface area contributed by atoms with E-state index in [-0.39, 0.29) is 11.7 Å². The molecule has 0 saturated carbocycles. The van der Waals surface area contributed by atoms with Crippen LogP contribution in [0.25, 0.3) is 0 Å². The van der Waals surface area contributed by atoms with Gasteiger partial charge in [0.2, 0.25) is 0 Å². The first kappa shape index (κ1) is 12.2. The second kappa shape index (κ2) is 5.35. The lowest BCUT2D eigenvalue weighted by atomic mass is 10.4. The van der Waals surface area contributed by atoms with Crippen molar-refractivity contribution in [3.63, 3.8) is 0 Å². The van der Waals surface area contributed by atoms with Crippen molar-refractivity contribution in [2.45, 2.75) is 20.4 Å². The molecular formula is C11H13N3O4. The van der Waals surface area contributed by atoms with Crippen molar-refractivity contribution in [3.8, 4) is 0 Å². The maximum atomic E-state index is 11.3. The largest absolute Gasteiger partial charge is 0.461 e. The lowest BCUT2D eigenvalue weighted by Crippen LogP contribution is -2.05. The van der Waals surface area contributed by atoms with Gasteiger partial charge in [-0.05, 0) is 13.8 Å². The third kappa shape index (κ3) is 2.88. The summed E-state index contributed by atoms with van der Waals surface area (Å²) in [5, 5.41) is 6.69. The number of aromatic nitrogens is 2. The van der Waals surface area contributed by atoms with E-state index in [4.69, 9.17) is 13.7 Å². The summed E-state index contributed by atoms with van der Waals surface area (Å²) in [5.41, 5.74) is 0.860. The van der Waals surface area contributed by atoms with Crippen molar-refractivity contribution in [2.24, 2.45) is 0 Å². The van der Waals surface area contributed by atoms with E-state index in [1.807, 2.05) is 0 Å². The lowest BCUT2D eigenvalue weighted by Gasteiger charge is -1.96. The fourth-order valence-electron chi connectivity index (χ4n) is 1.32. The Kier molecular flexibility index (Phi) is 3.61. The van der Waals surface area contributed by atoms with E-state index >= 15 is 0 Å². The molecule has 0 aliphatic rings. The molecule has 2 heterocycles. The van der Waals surface area contributed by atoms with E-state index in [9.17, 15) is 4.79 Å². The molecule has 0 fully saturated rings. The van der Waals surface area contributed by atoms with Gasteiger partial charge >= 0.3 is 5.97 Å². The first-order valence-electron chi connectivity index (χ1n) is 5.47. The molecule has 0 aliphatic heterocycles. The zero-order valence-corrected chi connectivity index (χ0v) is 10.1. The predicted octanol–water partition coefficient (Wildman–Crippen LogP) is 1.76. The molecule has 0 atom stereocenters. The van der Waals surface area contributed by atoms with Crippen LogP contribution in [-0.4, -0.2) is 22.7 Å². The van der Waals surface area contributed by atoms with Crippen LogP contribution in [0.5, 0.6) is 0 Å². The van der Waals surface area contributed by atoms with E-state index < -0.39 is 5.97 Å². The van der Waals surface area contributed by atoms with Crippen LogP contribution in [-0.2, 0) is 11.3 Å². The normalized spacial score (nSPS) is 10.3. The highest BCUT2D eigenvalue weighted by Crippen LogP contribution is 2.10. The summed E-state index contributed by atoms with van der Waals surface area (Å²) in [6.45, 7) is 4.23. The molecule has 96 valence electrons. The summed E-state index contributed by atoms with van der Waals surface area (Å²) >= 11 is 0. The molecule has 1 N–H and O–H groups in total. The number of nitrogens with zero attached hydrogens (tertiary/aromatic N) is 2. The van der Waals surface area contributed by atoms with Gasteiger partial charge in [-0.3, -0.25) is 0 Å². The van der Waals surface area contributed by atoms with Crippen molar-refractivity contribution in [2.75, 3.05) is 11.9 Å². The number of oxazole rings is 1. The number of esters is 1. The molecule has 0 saturated heterocycles. The number of carbonyl (C=O) groups is 1. The van der Waals surface area contributed by atoms with Crippen LogP contribution in [0.1, 0.15) is 28.9 Å². The summed E-state index contributed by atoms with van der Waals surface area (Å²) in [5.74, 6) is 0.220. The molecule has 0 amide bonds. The van der Waals surface area contributed by atoms with Gasteiger partial charge in [-0.1, -0.05) is 5.16 Å². The number of ether oxygens (including phenoxy) is 1. The maximum absolute atomic E-state index is 11.3. The van der Waals surface area contributed by atoms with Crippen LogP contribution in [0.4, 0.5) is 6.01 Å². The summed E-state index contributed by atoms with van der Waals surface area (Å²) in [6.07, 6.45) is 1.24. The summed E-state index contributed by atoms with van der Waals surface area (Å²) < 4.78 is 14.8. The van der Waals surface area contributed by atoms with E-state index in [0.717, 1.165) is 11.5 Å². The van der Waals surface area contributed by atoms with Gasteiger partial charge in [0, 0.05) is 6.07 Å². The second-order valence-electron chi connectivity index (χ2n) is 3.54. The third-order valence-corrected chi connectivity index (χ3v) is 2.09. The number of carbonyl (C=O) groups excluding carboxylic acids is 1. The Labute approximate surface area is 103 Å². The Morgan fingerprint density at radius 1 is 1.56 bits per heavy atom. The average molecular weight is 251 g/mol. The maximum Gasteiger partial charge on any atom is 0.360 e. The highest BCUT2D eigenvalue weighted by Gasteiger charge is 2.13. The van der Waals surface area contributed by atoms with Crippen LogP contribution >= 0.6 is 0 Å². The van der Waals surface area contributed by atoms with Crippen molar-refractivity contribution in [1.29, 1.82) is 0 Å². The van der Waals surface area contributed by atoms with Crippen LogP contribution in [0.3, 0.4) is 0 Å². The average Bonchev–Trinajstić information content (AvgIpc) is 2.95. The Morgan fingerprint density at radius 2 is 2.39 bits per heavy atom. The Hall–Kier alpha value is -2.31. The molecule has 7 nitrogen and oxygen atoms in total. The van der Waals surface area contributed by atoms with Crippen molar-refractivity contribution in [3.05, 3.63) is 29.5 Å². The van der Waals surface area contributed by atoms with Gasteiger partial charge < -0.3 is 19.0 Å². The predicted molar refractivity (Wildman–Crippen MR) is 61.0 cm³/mol. The highest BCUT2D eigenvalue weighted by atomic mass is 16.5. The molecule has 18 heavy (non-hydrogen) atoms. The number of aryl methyl sites for hydroxylation is 1. The van der Waals surface area contributed by atoms with Gasteiger partial charge in [0.05, 0.1) is 13.2 Å². The first-order valence-corrected chi connectivity index (χ1v) is 5.47. The quantitative estimate of drug-likeness (QED) is 0.809. The summed E-state index contributed by atoms with van der Waals surface area (Å²) in [6, 6.07) is 2.03. The molecule has 0 aliphatic carbocycles. The monoisotopic (exact) mass is 251 g/mol. The van der Waals surface area contributed by atoms with Gasteiger partial charge in [0.1, 0.15) is 17.7 Å². The topological polar surface area (TPSA) is 90.4 Å². The summed E-state index contributed by atoms with van der Waals surface area (Å²) in [4.78, 5) is 15.3. The molecule has 0 unspecified atom stereocenters. The van der Waals surface area contributed by atoms with Crippen LogP contribution in [0, 0.1) is 6.92 Å². The number of rotatable bonds is 5. The summed E-state index contributed by atoms with van der Waals surface area (Å²) in [7, 11) is 0. The van der Waals surface area contributed by atoms with E-state index in [0.29, 0.717) is 13.2 Å². The molecular weight excluding hydrogens is 238 g/mol. The van der Waals surface area contributed by atoms with E-state index in [1.165, 1.54) is 6.26 Å². The van der Waals surface area contributed by atoms with Gasteiger partial charge in [-0.25, -0.2) is 4.79 Å². The zero-order chi connectivity index (χ0) is 13.0. The Morgan fingerprint density at radius 3 is 3.06 bits per heavy atom. The number of hydrogen-bond acceptors (Lipinski definition) is 7.